The van der Waals surface area contributed by atoms with Crippen LogP contribution in [0.15, 0.2) is 18.6 Å². The van der Waals surface area contributed by atoms with E-state index < -0.39 is 33.0 Å². The molecule has 1 unspecified atom stereocenters. The number of fused-ring (bicyclic) bond motifs is 2. The fourth-order valence-corrected chi connectivity index (χ4v) is 7.76. The predicted molar refractivity (Wildman–Crippen MR) is 148 cm³/mol. The van der Waals surface area contributed by atoms with Gasteiger partial charge in [-0.3, -0.25) is 4.79 Å². The van der Waals surface area contributed by atoms with Gasteiger partial charge < -0.3 is 14.7 Å². The minimum atomic E-state index is -3.44. The number of pyridine rings is 1. The predicted octanol–water partition coefficient (Wildman–Crippen LogP) is 2.31. The number of carbonyl (C=O) groups excluding carboxylic acids is 1. The number of rotatable bonds is 5. The van der Waals surface area contributed by atoms with Gasteiger partial charge in [-0.05, 0) is 27.2 Å². The normalized spacial score (nSPS) is 26.9. The van der Waals surface area contributed by atoms with Gasteiger partial charge in [0.25, 0.3) is 6.43 Å². The number of piperazine rings is 1. The topological polar surface area (TPSA) is 130 Å². The second-order valence-electron chi connectivity index (χ2n) is 12.2. The Morgan fingerprint density at radius 3 is 2.49 bits per heavy atom. The summed E-state index contributed by atoms with van der Waals surface area (Å²) in [6.07, 6.45) is 0.799. The second-order valence-corrected chi connectivity index (χ2v) is 14.7. The van der Waals surface area contributed by atoms with Crippen LogP contribution in [0.3, 0.4) is 0 Å². The highest BCUT2D eigenvalue weighted by Crippen LogP contribution is 2.47. The van der Waals surface area contributed by atoms with Crippen molar-refractivity contribution in [1.29, 1.82) is 0 Å². The first-order valence-electron chi connectivity index (χ1n) is 13.6. The number of nitrogens with zero attached hydrogens (tertiary/aromatic N) is 9. The summed E-state index contributed by atoms with van der Waals surface area (Å²) in [6.45, 7) is 10.5. The van der Waals surface area contributed by atoms with E-state index in [0.29, 0.717) is 48.7 Å². The molecule has 0 spiro atoms. The third-order valence-electron chi connectivity index (χ3n) is 8.77. The van der Waals surface area contributed by atoms with Crippen molar-refractivity contribution in [3.8, 4) is 0 Å². The molecule has 0 saturated carbocycles. The molecule has 1 amide bonds. The molecule has 0 N–H and O–H groups in total. The van der Waals surface area contributed by atoms with Gasteiger partial charge in [0.05, 0.1) is 17.5 Å². The van der Waals surface area contributed by atoms with E-state index in [1.54, 1.807) is 11.0 Å². The van der Waals surface area contributed by atoms with Crippen LogP contribution >= 0.6 is 0 Å². The van der Waals surface area contributed by atoms with E-state index >= 15 is 0 Å². The van der Waals surface area contributed by atoms with Crippen LogP contribution in [0.2, 0.25) is 0 Å². The molecule has 0 aromatic carbocycles. The molecule has 6 rings (SSSR count). The Bertz CT molecular complexity index is 1650. The average molecular weight is 590 g/mol. The Balaban J connectivity index is 1.32. The number of alkyl halides is 2. The Labute approximate surface area is 236 Å². The fraction of sp³-hybridized carbons (Fsp3) is 0.615. The van der Waals surface area contributed by atoms with Crippen molar-refractivity contribution in [3.05, 3.63) is 24.2 Å². The number of anilines is 3. The summed E-state index contributed by atoms with van der Waals surface area (Å²) in [4.78, 5) is 33.1. The van der Waals surface area contributed by atoms with Gasteiger partial charge in [0.15, 0.2) is 9.84 Å². The first kappa shape index (κ1) is 27.7. The highest BCUT2D eigenvalue weighted by atomic mass is 32.2. The highest BCUT2D eigenvalue weighted by molar-refractivity contribution is 7.95. The van der Waals surface area contributed by atoms with Crippen LogP contribution in [-0.4, -0.2) is 97.8 Å². The largest absolute Gasteiger partial charge is 0.350 e. The molecule has 15 heteroatoms. The smallest absolute Gasteiger partial charge is 0.258 e. The Kier molecular flexibility index (Phi) is 6.25. The molecule has 3 aromatic heterocycles. The number of hydrogen-bond acceptors (Lipinski definition) is 10. The first-order chi connectivity index (χ1) is 19.2. The van der Waals surface area contributed by atoms with Crippen LogP contribution in [0.4, 0.5) is 26.2 Å². The van der Waals surface area contributed by atoms with Gasteiger partial charge in [0.2, 0.25) is 5.91 Å². The lowest BCUT2D eigenvalue weighted by molar-refractivity contribution is -0.137. The summed E-state index contributed by atoms with van der Waals surface area (Å²) in [6, 6.07) is 1.34. The molecular weight excluding hydrogens is 556 g/mol. The van der Waals surface area contributed by atoms with Crippen LogP contribution < -0.4 is 9.80 Å². The van der Waals surface area contributed by atoms with Crippen LogP contribution in [0, 0.1) is 0 Å². The van der Waals surface area contributed by atoms with Crippen molar-refractivity contribution in [3.63, 3.8) is 0 Å². The molecule has 3 aliphatic rings. The quantitative estimate of drug-likeness (QED) is 0.437. The lowest BCUT2D eigenvalue weighted by Gasteiger charge is -2.49. The number of halogens is 2. The third kappa shape index (κ3) is 4.22. The van der Waals surface area contributed by atoms with Gasteiger partial charge in [-0.2, -0.15) is 0 Å². The highest BCUT2D eigenvalue weighted by Gasteiger charge is 2.57. The van der Waals surface area contributed by atoms with Gasteiger partial charge in [-0.1, -0.05) is 19.1 Å². The molecule has 2 saturated heterocycles. The maximum atomic E-state index is 13.4. The van der Waals surface area contributed by atoms with Crippen LogP contribution in [0.1, 0.15) is 46.6 Å². The Morgan fingerprint density at radius 1 is 1.10 bits per heavy atom. The minimum absolute atomic E-state index is 0.0463. The van der Waals surface area contributed by atoms with E-state index in [0.717, 1.165) is 11.4 Å². The molecule has 0 aliphatic carbocycles. The lowest BCUT2D eigenvalue weighted by atomic mass is 9.87. The number of hydrogen-bond donors (Lipinski definition) is 0. The van der Waals surface area contributed by atoms with Crippen molar-refractivity contribution in [1.82, 2.24) is 34.8 Å². The summed E-state index contributed by atoms with van der Waals surface area (Å²) in [5.41, 5.74) is 1.41. The van der Waals surface area contributed by atoms with Gasteiger partial charge in [-0.15, -0.1) is 5.10 Å². The van der Waals surface area contributed by atoms with Crippen molar-refractivity contribution in [2.24, 2.45) is 0 Å². The number of carbonyl (C=O) groups is 1. The molecule has 0 bridgehead atoms. The SMILES string of the molecule is C[C@@H]1CN(c2ncnc3c2C(C)(C)CN3c2cc3c(cn2)nnn3CC(F)F)[C@@H](C)CN1C(=O)C1(C)CCS1(=O)=O. The summed E-state index contributed by atoms with van der Waals surface area (Å²) in [7, 11) is -3.44. The molecule has 3 atom stereocenters. The summed E-state index contributed by atoms with van der Waals surface area (Å²) in [5.74, 6) is 1.68. The molecule has 0 radical (unpaired) electrons. The summed E-state index contributed by atoms with van der Waals surface area (Å²) in [5, 5.41) is 7.81. The minimum Gasteiger partial charge on any atom is -0.350 e. The van der Waals surface area contributed by atoms with Crippen molar-refractivity contribution in [2.75, 3.05) is 35.2 Å². The van der Waals surface area contributed by atoms with Gasteiger partial charge in [0, 0.05) is 48.8 Å². The number of amides is 1. The van der Waals surface area contributed by atoms with Crippen LogP contribution in [0.25, 0.3) is 11.0 Å². The zero-order valence-corrected chi connectivity index (χ0v) is 24.4. The zero-order chi connectivity index (χ0) is 29.5. The fourth-order valence-electron chi connectivity index (χ4n) is 6.23. The number of aromatic nitrogens is 6. The molecule has 41 heavy (non-hydrogen) atoms. The Morgan fingerprint density at radius 2 is 1.83 bits per heavy atom. The molecule has 6 heterocycles. The van der Waals surface area contributed by atoms with E-state index in [1.165, 1.54) is 24.1 Å². The van der Waals surface area contributed by atoms with Gasteiger partial charge in [0.1, 0.15) is 40.6 Å². The second kappa shape index (κ2) is 9.26. The van der Waals surface area contributed by atoms with E-state index in [1.807, 2.05) is 18.7 Å². The molecule has 220 valence electrons. The third-order valence-corrected chi connectivity index (χ3v) is 11.3. The maximum absolute atomic E-state index is 13.4. The summed E-state index contributed by atoms with van der Waals surface area (Å²) >= 11 is 0. The molecular formula is C26H33F2N9O3S. The van der Waals surface area contributed by atoms with Crippen molar-refractivity contribution >= 4 is 44.2 Å². The molecule has 12 nitrogen and oxygen atoms in total. The van der Waals surface area contributed by atoms with Gasteiger partial charge in [-0.25, -0.2) is 36.8 Å². The average Bonchev–Trinajstić information content (AvgIpc) is 3.44. The summed E-state index contributed by atoms with van der Waals surface area (Å²) < 4.78 is 50.9. The maximum Gasteiger partial charge on any atom is 0.258 e. The van der Waals surface area contributed by atoms with E-state index in [4.69, 9.17) is 4.98 Å². The standard InChI is InChI=1S/C26H33F2N9O3S/c1-15-11-35(24(38)26(5)6-7-41(26,39)40)16(2)10-34(15)22-21-23(31-14-30-22)36(13-25(21,3)4)20-8-18-17(9-29-20)32-33-37(18)12-19(27)28/h8-9,14-16,19H,6-7,10-13H2,1-5H3/t15-,16+,26?/m0/s1. The zero-order valence-electron chi connectivity index (χ0n) is 23.6. The monoisotopic (exact) mass is 589 g/mol. The molecule has 2 fully saturated rings. The van der Waals surface area contributed by atoms with Crippen LogP contribution in [0.5, 0.6) is 0 Å². The Hall–Kier alpha value is -3.49. The van der Waals surface area contributed by atoms with Crippen molar-refractivity contribution in [2.45, 2.75) is 76.3 Å². The first-order valence-corrected chi connectivity index (χ1v) is 15.3. The van der Waals surface area contributed by atoms with E-state index in [-0.39, 0.29) is 23.7 Å². The van der Waals surface area contributed by atoms with Crippen molar-refractivity contribution < 1.29 is 22.0 Å². The molecule has 3 aliphatic heterocycles. The lowest BCUT2D eigenvalue weighted by Crippen LogP contribution is -2.66. The van der Waals surface area contributed by atoms with E-state index in [2.05, 4.69) is 39.0 Å². The van der Waals surface area contributed by atoms with Gasteiger partial charge >= 0.3 is 0 Å². The number of sulfone groups is 1. The van der Waals surface area contributed by atoms with Crippen LogP contribution in [-0.2, 0) is 26.6 Å². The molecule has 3 aromatic rings. The van der Waals surface area contributed by atoms with E-state index in [9.17, 15) is 22.0 Å².